The summed E-state index contributed by atoms with van der Waals surface area (Å²) in [6.07, 6.45) is 3.37. The van der Waals surface area contributed by atoms with E-state index >= 15 is 0 Å². The molecule has 1 heterocycles. The van der Waals surface area contributed by atoms with Crippen LogP contribution in [0, 0.1) is 5.82 Å². The molecule has 0 spiro atoms. The quantitative estimate of drug-likeness (QED) is 0.242. The summed E-state index contributed by atoms with van der Waals surface area (Å²) in [6.45, 7) is 3.73. The average Bonchev–Trinajstić information content (AvgIpc) is 2.87. The summed E-state index contributed by atoms with van der Waals surface area (Å²) >= 11 is 6.19. The number of para-hydroxylation sites is 1. The summed E-state index contributed by atoms with van der Waals surface area (Å²) in [4.78, 5) is 39.1. The lowest BCUT2D eigenvalue weighted by atomic mass is 10.0. The third-order valence-corrected chi connectivity index (χ3v) is 5.89. The summed E-state index contributed by atoms with van der Waals surface area (Å²) in [5.41, 5.74) is 1.33. The van der Waals surface area contributed by atoms with Gasteiger partial charge < -0.3 is 9.47 Å². The van der Waals surface area contributed by atoms with Crippen LogP contribution in [0.3, 0.4) is 0 Å². The zero-order chi connectivity index (χ0) is 26.5. The van der Waals surface area contributed by atoms with Crippen LogP contribution in [-0.4, -0.2) is 25.0 Å². The number of urea groups is 1. The number of anilines is 1. The largest absolute Gasteiger partial charge is 0.493 e. The van der Waals surface area contributed by atoms with Crippen molar-refractivity contribution >= 4 is 41.2 Å². The second-order valence-corrected chi connectivity index (χ2v) is 8.40. The van der Waals surface area contributed by atoms with E-state index < -0.39 is 23.7 Å². The maximum atomic E-state index is 14.1. The first-order chi connectivity index (χ1) is 17.8. The first-order valence-electron chi connectivity index (χ1n) is 11.2. The van der Waals surface area contributed by atoms with Crippen molar-refractivity contribution in [3.8, 4) is 11.5 Å². The van der Waals surface area contributed by atoms with Crippen molar-refractivity contribution in [2.75, 3.05) is 12.0 Å². The van der Waals surface area contributed by atoms with E-state index in [0.29, 0.717) is 34.6 Å². The Morgan fingerprint density at radius 2 is 1.78 bits per heavy atom. The number of nitrogens with zero attached hydrogens (tertiary/aromatic N) is 1. The maximum Gasteiger partial charge on any atom is 0.335 e. The monoisotopic (exact) mass is 520 g/mol. The topological polar surface area (TPSA) is 84.9 Å². The summed E-state index contributed by atoms with van der Waals surface area (Å²) in [7, 11) is 1.44. The van der Waals surface area contributed by atoms with Gasteiger partial charge in [0.05, 0.1) is 17.8 Å². The number of rotatable bonds is 8. The van der Waals surface area contributed by atoms with Gasteiger partial charge in [-0.15, -0.1) is 6.58 Å². The molecular weight excluding hydrogens is 499 g/mol. The Morgan fingerprint density at radius 1 is 1.05 bits per heavy atom. The molecule has 0 atom stereocenters. The number of imide groups is 2. The Bertz CT molecular complexity index is 1440. The van der Waals surface area contributed by atoms with Crippen LogP contribution in [0.4, 0.5) is 14.9 Å². The number of hydrogen-bond acceptors (Lipinski definition) is 5. The number of allylic oxidation sites excluding steroid dienone is 1. The van der Waals surface area contributed by atoms with Gasteiger partial charge in [0, 0.05) is 11.1 Å². The van der Waals surface area contributed by atoms with Crippen molar-refractivity contribution in [2.24, 2.45) is 0 Å². The molecule has 0 unspecified atom stereocenters. The Balaban J connectivity index is 1.72. The third kappa shape index (κ3) is 5.39. The van der Waals surface area contributed by atoms with E-state index in [1.807, 2.05) is 0 Å². The summed E-state index contributed by atoms with van der Waals surface area (Å²) in [6, 6.07) is 14.9. The minimum atomic E-state index is -0.901. The van der Waals surface area contributed by atoms with Crippen LogP contribution in [0.2, 0.25) is 5.02 Å². The molecule has 3 aromatic carbocycles. The van der Waals surface area contributed by atoms with E-state index in [1.54, 1.807) is 48.5 Å². The van der Waals surface area contributed by atoms with Gasteiger partial charge in [-0.3, -0.25) is 14.9 Å². The Hall–Kier alpha value is -4.43. The highest BCUT2D eigenvalue weighted by Crippen LogP contribution is 2.36. The molecule has 0 radical (unpaired) electrons. The molecule has 1 saturated heterocycles. The number of nitrogens with one attached hydrogen (secondary N) is 1. The first kappa shape index (κ1) is 25.7. The number of amides is 4. The van der Waals surface area contributed by atoms with Gasteiger partial charge in [-0.25, -0.2) is 14.1 Å². The Morgan fingerprint density at radius 3 is 2.49 bits per heavy atom. The molecule has 1 aliphatic rings. The number of methoxy groups -OCH3 is 1. The molecule has 1 fully saturated rings. The average molecular weight is 521 g/mol. The molecular formula is C28H22ClFN2O5. The number of barbiturate groups is 1. The van der Waals surface area contributed by atoms with Gasteiger partial charge in [0.1, 0.15) is 18.0 Å². The van der Waals surface area contributed by atoms with Gasteiger partial charge >= 0.3 is 6.03 Å². The van der Waals surface area contributed by atoms with E-state index in [9.17, 15) is 18.8 Å². The Kier molecular flexibility index (Phi) is 7.69. The molecule has 0 bridgehead atoms. The summed E-state index contributed by atoms with van der Waals surface area (Å²) < 4.78 is 25.5. The van der Waals surface area contributed by atoms with Crippen LogP contribution in [0.25, 0.3) is 6.08 Å². The number of ether oxygens (including phenoxy) is 2. The van der Waals surface area contributed by atoms with E-state index in [-0.39, 0.29) is 22.9 Å². The van der Waals surface area contributed by atoms with Gasteiger partial charge in [0.2, 0.25) is 0 Å². The molecule has 4 amide bonds. The van der Waals surface area contributed by atoms with Crippen LogP contribution in [-0.2, 0) is 22.6 Å². The smallest absolute Gasteiger partial charge is 0.335 e. The van der Waals surface area contributed by atoms with Crippen LogP contribution < -0.4 is 19.7 Å². The van der Waals surface area contributed by atoms with Gasteiger partial charge in [-0.05, 0) is 48.4 Å². The van der Waals surface area contributed by atoms with Crippen molar-refractivity contribution in [2.45, 2.75) is 13.0 Å². The summed E-state index contributed by atoms with van der Waals surface area (Å²) in [5.74, 6) is -1.38. The summed E-state index contributed by atoms with van der Waals surface area (Å²) in [5, 5.41) is 2.34. The van der Waals surface area contributed by atoms with E-state index in [0.717, 1.165) is 4.90 Å². The predicted molar refractivity (Wildman–Crippen MR) is 138 cm³/mol. The second kappa shape index (κ2) is 11.1. The minimum Gasteiger partial charge on any atom is -0.493 e. The number of benzene rings is 3. The second-order valence-electron chi connectivity index (χ2n) is 7.99. The van der Waals surface area contributed by atoms with Crippen molar-refractivity contribution in [3.05, 3.63) is 106 Å². The molecule has 3 aromatic rings. The molecule has 4 rings (SSSR count). The highest BCUT2D eigenvalue weighted by molar-refractivity contribution is 6.42. The Labute approximate surface area is 217 Å². The molecule has 0 aromatic heterocycles. The fourth-order valence-electron chi connectivity index (χ4n) is 3.83. The lowest BCUT2D eigenvalue weighted by molar-refractivity contribution is -0.122. The molecule has 0 saturated carbocycles. The van der Waals surface area contributed by atoms with Crippen molar-refractivity contribution in [1.29, 1.82) is 0 Å². The predicted octanol–water partition coefficient (Wildman–Crippen LogP) is 5.46. The lowest BCUT2D eigenvalue weighted by Gasteiger charge is -2.27. The molecule has 37 heavy (non-hydrogen) atoms. The standard InChI is InChI=1S/C28H22ClFN2O5/c1-3-8-18-13-17(15-24(36-2)25(18)37-16-19-9-4-6-11-22(19)30)14-20-26(33)31-28(35)32(27(20)34)23-12-7-5-10-21(23)29/h3-7,9-15H,1,8,16H2,2H3,(H,31,33,35)/b20-14+. The van der Waals surface area contributed by atoms with E-state index in [2.05, 4.69) is 11.9 Å². The molecule has 7 nitrogen and oxygen atoms in total. The zero-order valence-electron chi connectivity index (χ0n) is 19.8. The van der Waals surface area contributed by atoms with Gasteiger partial charge in [0.25, 0.3) is 11.8 Å². The molecule has 9 heteroatoms. The number of halogens is 2. The van der Waals surface area contributed by atoms with E-state index in [1.165, 1.54) is 31.4 Å². The van der Waals surface area contributed by atoms with Gasteiger partial charge in [-0.2, -0.15) is 0 Å². The lowest BCUT2D eigenvalue weighted by Crippen LogP contribution is -2.54. The molecule has 0 aliphatic carbocycles. The van der Waals surface area contributed by atoms with E-state index in [4.69, 9.17) is 21.1 Å². The molecule has 188 valence electrons. The van der Waals surface area contributed by atoms with Crippen molar-refractivity contribution in [3.63, 3.8) is 0 Å². The first-order valence-corrected chi connectivity index (χ1v) is 11.6. The van der Waals surface area contributed by atoms with Crippen LogP contribution in [0.5, 0.6) is 11.5 Å². The highest BCUT2D eigenvalue weighted by Gasteiger charge is 2.37. The van der Waals surface area contributed by atoms with Crippen molar-refractivity contribution in [1.82, 2.24) is 5.32 Å². The van der Waals surface area contributed by atoms with Gasteiger partial charge in [-0.1, -0.05) is 48.0 Å². The third-order valence-electron chi connectivity index (χ3n) is 5.57. The van der Waals surface area contributed by atoms with Crippen LogP contribution in [0.15, 0.2) is 78.9 Å². The fourth-order valence-corrected chi connectivity index (χ4v) is 4.05. The minimum absolute atomic E-state index is 0.0383. The van der Waals surface area contributed by atoms with Crippen molar-refractivity contribution < 1.29 is 28.2 Å². The fraction of sp³-hybridized carbons (Fsp3) is 0.107. The highest BCUT2D eigenvalue weighted by atomic mass is 35.5. The van der Waals surface area contributed by atoms with Gasteiger partial charge in [0.15, 0.2) is 11.5 Å². The number of carbonyl (C=O) groups excluding carboxylic acids is 3. The SMILES string of the molecule is C=CCc1cc(/C=C2\C(=O)NC(=O)N(c3ccccc3Cl)C2=O)cc(OC)c1OCc1ccccc1F. The number of carbonyl (C=O) groups is 3. The zero-order valence-corrected chi connectivity index (χ0v) is 20.5. The normalized spacial score (nSPS) is 14.5. The van der Waals surface area contributed by atoms with Crippen LogP contribution in [0.1, 0.15) is 16.7 Å². The van der Waals surface area contributed by atoms with Crippen LogP contribution >= 0.6 is 11.6 Å². The maximum absolute atomic E-state index is 14.1. The molecule has 1 aliphatic heterocycles. The number of hydrogen-bond donors (Lipinski definition) is 1. The molecule has 1 N–H and O–H groups in total.